The van der Waals surface area contributed by atoms with Crippen molar-refractivity contribution in [1.29, 1.82) is 5.26 Å². The molecular formula is C23H24Cl2N2O5S. The Labute approximate surface area is 203 Å². The molecule has 0 bridgehead atoms. The highest BCUT2D eigenvalue weighted by atomic mass is 35.5. The van der Waals surface area contributed by atoms with Crippen LogP contribution in [0.3, 0.4) is 0 Å². The van der Waals surface area contributed by atoms with Gasteiger partial charge in [-0.05, 0) is 61.9 Å². The number of carbonyl (C=O) groups is 1. The molecule has 0 saturated heterocycles. The van der Waals surface area contributed by atoms with Crippen LogP contribution in [0.1, 0.15) is 37.7 Å². The molecule has 2 aromatic rings. The Morgan fingerprint density at radius 2 is 1.82 bits per heavy atom. The molecule has 2 aromatic carbocycles. The van der Waals surface area contributed by atoms with Gasteiger partial charge in [0.25, 0.3) is 0 Å². The van der Waals surface area contributed by atoms with E-state index in [1.807, 2.05) is 30.3 Å². The number of amides is 1. The fourth-order valence-corrected chi connectivity index (χ4v) is 6.04. The number of sulfone groups is 1. The third kappa shape index (κ3) is 6.84. The van der Waals surface area contributed by atoms with Crippen LogP contribution in [0.15, 0.2) is 53.4 Å². The summed E-state index contributed by atoms with van der Waals surface area (Å²) in [6.45, 7) is 0.459. The Morgan fingerprint density at radius 1 is 1.15 bits per heavy atom. The average molecular weight is 511 g/mol. The second-order valence-electron chi connectivity index (χ2n) is 8.09. The summed E-state index contributed by atoms with van der Waals surface area (Å²) in [4.78, 5) is 10.2. The fourth-order valence-electron chi connectivity index (χ4n) is 3.58. The Hall–Kier alpha value is -2.31. The first-order valence-electron chi connectivity index (χ1n) is 10.4. The van der Waals surface area contributed by atoms with Gasteiger partial charge in [0.05, 0.1) is 33.9 Å². The molecule has 4 rings (SSSR count). The van der Waals surface area contributed by atoms with Crippen molar-refractivity contribution in [1.82, 2.24) is 5.32 Å². The van der Waals surface area contributed by atoms with Gasteiger partial charge in [-0.2, -0.15) is 5.26 Å². The summed E-state index contributed by atoms with van der Waals surface area (Å²) in [6, 6.07) is 16.0. The van der Waals surface area contributed by atoms with E-state index in [0.717, 1.165) is 12.0 Å². The number of halogens is 2. The van der Waals surface area contributed by atoms with Crippen molar-refractivity contribution >= 4 is 39.1 Å². The first-order valence-corrected chi connectivity index (χ1v) is 12.7. The molecule has 7 nitrogen and oxygen atoms in total. The maximum atomic E-state index is 12.8. The molecule has 1 amide bonds. The highest BCUT2D eigenvalue weighted by Gasteiger charge is 2.44. The molecular weight excluding hydrogens is 487 g/mol. The largest absolute Gasteiger partial charge is 0.465 e. The van der Waals surface area contributed by atoms with Crippen LogP contribution in [0.25, 0.3) is 0 Å². The average Bonchev–Trinajstić information content (AvgIpc) is 3.37. The summed E-state index contributed by atoms with van der Waals surface area (Å²) in [7, 11) is -3.42. The van der Waals surface area contributed by atoms with Crippen molar-refractivity contribution < 1.29 is 23.1 Å². The van der Waals surface area contributed by atoms with Gasteiger partial charge >= 0.3 is 6.09 Å². The normalized spacial score (nSPS) is 20.8. The van der Waals surface area contributed by atoms with Gasteiger partial charge in [0.15, 0.2) is 9.84 Å². The monoisotopic (exact) mass is 510 g/mol. The van der Waals surface area contributed by atoms with Crippen molar-refractivity contribution in [2.24, 2.45) is 0 Å². The van der Waals surface area contributed by atoms with Crippen molar-refractivity contribution in [3.05, 3.63) is 64.1 Å². The van der Waals surface area contributed by atoms with Gasteiger partial charge in [0, 0.05) is 5.02 Å². The molecule has 0 unspecified atom stereocenters. The van der Waals surface area contributed by atoms with E-state index in [-0.39, 0.29) is 16.0 Å². The van der Waals surface area contributed by atoms with E-state index in [1.165, 1.54) is 0 Å². The standard InChI is InChI=1S/C18H18Cl2O3S.C5H6N2O2/c19-14-7-5-13(6-8-14)12-23-15-9-10-16(11-15)24(21,22)18-4-2-1-3-17(18)20;6-3-5(1-2-5)7-4(8)9/h1-8,15-16H,9-12H2;7H,1-2H2,(H,8,9)/t15-,16-;/m1./s1. The summed E-state index contributed by atoms with van der Waals surface area (Å²) < 4.78 is 31.4. The van der Waals surface area contributed by atoms with Crippen LogP contribution in [0.5, 0.6) is 0 Å². The third-order valence-electron chi connectivity index (χ3n) is 5.63. The van der Waals surface area contributed by atoms with E-state index in [0.29, 0.717) is 37.3 Å². The highest BCUT2D eigenvalue weighted by Crippen LogP contribution is 2.35. The van der Waals surface area contributed by atoms with E-state index in [1.54, 1.807) is 24.3 Å². The van der Waals surface area contributed by atoms with Crippen LogP contribution < -0.4 is 5.32 Å². The van der Waals surface area contributed by atoms with Gasteiger partial charge < -0.3 is 15.2 Å². The van der Waals surface area contributed by atoms with Gasteiger partial charge in [0.2, 0.25) is 0 Å². The lowest BCUT2D eigenvalue weighted by molar-refractivity contribution is 0.0458. The molecule has 2 aliphatic rings. The number of nitrogens with zero attached hydrogens (tertiary/aromatic N) is 1. The highest BCUT2D eigenvalue weighted by molar-refractivity contribution is 7.92. The zero-order chi connectivity index (χ0) is 24.1. The zero-order valence-electron chi connectivity index (χ0n) is 17.7. The predicted octanol–water partition coefficient (Wildman–Crippen LogP) is 5.22. The Bertz CT molecular complexity index is 1130. The number of benzene rings is 2. The minimum Gasteiger partial charge on any atom is -0.465 e. The Kier molecular flexibility index (Phi) is 8.24. The number of rotatable bonds is 6. The second-order valence-corrected chi connectivity index (χ2v) is 11.1. The predicted molar refractivity (Wildman–Crippen MR) is 125 cm³/mol. The number of carboxylic acid groups (broad SMARTS) is 1. The van der Waals surface area contributed by atoms with Crippen LogP contribution in [-0.4, -0.2) is 36.5 Å². The summed E-state index contributed by atoms with van der Waals surface area (Å²) in [5.41, 5.74) is 0.295. The van der Waals surface area contributed by atoms with Crippen LogP contribution in [0.2, 0.25) is 10.0 Å². The number of nitrogens with one attached hydrogen (secondary N) is 1. The molecule has 2 fully saturated rings. The minimum absolute atomic E-state index is 0.0528. The van der Waals surface area contributed by atoms with Crippen molar-refractivity contribution in [2.75, 3.05) is 0 Å². The lowest BCUT2D eigenvalue weighted by Crippen LogP contribution is -2.33. The molecule has 2 N–H and O–H groups in total. The van der Waals surface area contributed by atoms with Gasteiger partial charge in [0.1, 0.15) is 5.54 Å². The van der Waals surface area contributed by atoms with Gasteiger partial charge in [-0.25, -0.2) is 13.2 Å². The Morgan fingerprint density at radius 3 is 2.36 bits per heavy atom. The molecule has 0 aromatic heterocycles. The second kappa shape index (κ2) is 10.7. The van der Waals surface area contributed by atoms with E-state index in [2.05, 4.69) is 5.32 Å². The number of hydrogen-bond donors (Lipinski definition) is 2. The molecule has 2 atom stereocenters. The van der Waals surface area contributed by atoms with Gasteiger partial charge in [-0.15, -0.1) is 0 Å². The van der Waals surface area contributed by atoms with Crippen LogP contribution >= 0.6 is 23.2 Å². The summed E-state index contributed by atoms with van der Waals surface area (Å²) >= 11 is 11.9. The van der Waals surface area contributed by atoms with E-state index in [4.69, 9.17) is 38.3 Å². The number of ether oxygens (including phenoxy) is 1. The van der Waals surface area contributed by atoms with Crippen molar-refractivity contribution in [3.8, 4) is 6.07 Å². The maximum absolute atomic E-state index is 12.8. The van der Waals surface area contributed by atoms with Crippen LogP contribution in [0, 0.1) is 11.3 Å². The van der Waals surface area contributed by atoms with Crippen molar-refractivity contribution in [3.63, 3.8) is 0 Å². The maximum Gasteiger partial charge on any atom is 0.405 e. The third-order valence-corrected chi connectivity index (χ3v) is 8.60. The molecule has 176 valence electrons. The SMILES string of the molecule is N#CC1(NC(=O)O)CC1.O=S(=O)(c1ccccc1Cl)[C@@H]1CC[C@@H](OCc2ccc(Cl)cc2)C1. The molecule has 33 heavy (non-hydrogen) atoms. The van der Waals surface area contributed by atoms with E-state index < -0.39 is 26.7 Å². The van der Waals surface area contributed by atoms with Gasteiger partial charge in [-0.1, -0.05) is 47.5 Å². The molecule has 2 aliphatic carbocycles. The summed E-state index contributed by atoms with van der Waals surface area (Å²) in [5, 5.41) is 19.2. The molecule has 0 aliphatic heterocycles. The van der Waals surface area contributed by atoms with Crippen molar-refractivity contribution in [2.45, 2.75) is 60.5 Å². The lowest BCUT2D eigenvalue weighted by atomic mass is 10.2. The quantitative estimate of drug-likeness (QED) is 0.550. The Balaban J connectivity index is 0.000000286. The van der Waals surface area contributed by atoms with E-state index >= 15 is 0 Å². The van der Waals surface area contributed by atoms with Crippen LogP contribution in [0.4, 0.5) is 4.79 Å². The summed E-state index contributed by atoms with van der Waals surface area (Å²) in [6.07, 6.45) is 1.96. The first-order chi connectivity index (χ1) is 15.6. The molecule has 0 radical (unpaired) electrons. The smallest absolute Gasteiger partial charge is 0.405 e. The lowest BCUT2D eigenvalue weighted by Gasteiger charge is -2.14. The van der Waals surface area contributed by atoms with Gasteiger partial charge in [-0.3, -0.25) is 0 Å². The fraction of sp³-hybridized carbons (Fsp3) is 0.391. The first kappa shape index (κ1) is 25.3. The van der Waals surface area contributed by atoms with Crippen LogP contribution in [-0.2, 0) is 21.2 Å². The topological polar surface area (TPSA) is 116 Å². The molecule has 0 heterocycles. The molecule has 10 heteroatoms. The van der Waals surface area contributed by atoms with E-state index in [9.17, 15) is 13.2 Å². The molecule has 2 saturated carbocycles. The minimum atomic E-state index is -3.42. The summed E-state index contributed by atoms with van der Waals surface area (Å²) in [5.74, 6) is 0. The number of nitriles is 1. The zero-order valence-corrected chi connectivity index (χ0v) is 20.0. The molecule has 0 spiro atoms. The number of hydrogen-bond acceptors (Lipinski definition) is 5.